The zero-order chi connectivity index (χ0) is 14.8. The molecule has 2 atom stereocenters. The third-order valence-electron chi connectivity index (χ3n) is 4.18. The normalized spacial score (nSPS) is 23.1. The zero-order valence-corrected chi connectivity index (χ0v) is 13.6. The van der Waals surface area contributed by atoms with Gasteiger partial charge in [0.05, 0.1) is 4.90 Å². The van der Waals surface area contributed by atoms with Gasteiger partial charge < -0.3 is 0 Å². The van der Waals surface area contributed by atoms with Crippen LogP contribution in [0.15, 0.2) is 23.1 Å². The van der Waals surface area contributed by atoms with Crippen LogP contribution in [-0.4, -0.2) is 20.8 Å². The molecule has 1 aromatic carbocycles. The maximum Gasteiger partial charge on any atom is 0.240 e. The van der Waals surface area contributed by atoms with Crippen molar-refractivity contribution in [3.63, 3.8) is 0 Å². The third kappa shape index (κ3) is 3.54. The van der Waals surface area contributed by atoms with Crippen LogP contribution < -0.4 is 4.72 Å². The summed E-state index contributed by atoms with van der Waals surface area (Å²) in [5.41, 5.74) is 1.74. The van der Waals surface area contributed by atoms with Crippen molar-refractivity contribution in [2.24, 2.45) is 11.8 Å². The molecule has 0 heterocycles. The second-order valence-corrected chi connectivity index (χ2v) is 7.77. The Morgan fingerprint density at radius 3 is 2.65 bits per heavy atom. The molecular weight excluding hydrogens is 294 g/mol. The Bertz CT molecular complexity index is 571. The molecule has 0 spiro atoms. The minimum atomic E-state index is -3.43. The molecule has 0 bridgehead atoms. The van der Waals surface area contributed by atoms with Crippen LogP contribution in [0.1, 0.15) is 30.4 Å². The number of aryl methyl sites for hydroxylation is 2. The molecule has 0 saturated heterocycles. The molecule has 3 nitrogen and oxygen atoms in total. The average molecular weight is 316 g/mol. The number of benzene rings is 1. The smallest absolute Gasteiger partial charge is 0.211 e. The van der Waals surface area contributed by atoms with Gasteiger partial charge in [0.25, 0.3) is 0 Å². The quantitative estimate of drug-likeness (QED) is 0.848. The van der Waals surface area contributed by atoms with E-state index < -0.39 is 10.0 Å². The Kier molecular flexibility index (Phi) is 5.10. The second kappa shape index (κ2) is 6.46. The predicted octanol–water partition coefficient (Wildman–Crippen LogP) is 3.24. The van der Waals surface area contributed by atoms with Crippen LogP contribution in [-0.2, 0) is 10.0 Å². The summed E-state index contributed by atoms with van der Waals surface area (Å²) in [4.78, 5) is 0.387. The number of sulfonamides is 1. The molecule has 0 radical (unpaired) electrons. The van der Waals surface area contributed by atoms with Crippen LogP contribution in [0, 0.1) is 25.7 Å². The first-order valence-electron chi connectivity index (χ1n) is 7.07. The van der Waals surface area contributed by atoms with Crippen LogP contribution >= 0.6 is 11.6 Å². The Labute approximate surface area is 126 Å². The first-order chi connectivity index (χ1) is 9.44. The Morgan fingerprint density at radius 2 is 1.95 bits per heavy atom. The predicted molar refractivity (Wildman–Crippen MR) is 82.7 cm³/mol. The molecule has 1 saturated carbocycles. The standard InChI is InChI=1S/C15H22ClNO2S/c1-11-6-7-12(2)15(8-11)20(18,19)17-10-14-5-3-4-13(14)9-16/h6-8,13-14,17H,3-5,9-10H2,1-2H3. The van der Waals surface area contributed by atoms with Crippen molar-refractivity contribution in [1.82, 2.24) is 4.72 Å². The van der Waals surface area contributed by atoms with Crippen LogP contribution in [0.4, 0.5) is 0 Å². The Balaban J connectivity index is 2.09. The molecule has 2 unspecified atom stereocenters. The van der Waals surface area contributed by atoms with E-state index in [1.54, 1.807) is 6.07 Å². The first-order valence-corrected chi connectivity index (χ1v) is 9.08. The van der Waals surface area contributed by atoms with Crippen molar-refractivity contribution >= 4 is 21.6 Å². The molecule has 0 aromatic heterocycles. The van der Waals surface area contributed by atoms with E-state index in [1.807, 2.05) is 26.0 Å². The van der Waals surface area contributed by atoms with E-state index >= 15 is 0 Å². The van der Waals surface area contributed by atoms with Crippen molar-refractivity contribution in [1.29, 1.82) is 0 Å². The molecule has 0 aliphatic heterocycles. The zero-order valence-electron chi connectivity index (χ0n) is 12.0. The van der Waals surface area contributed by atoms with Crippen LogP contribution in [0.25, 0.3) is 0 Å². The number of hydrogen-bond donors (Lipinski definition) is 1. The maximum atomic E-state index is 12.4. The fourth-order valence-corrected chi connectivity index (χ4v) is 4.71. The van der Waals surface area contributed by atoms with Gasteiger partial charge in [0.2, 0.25) is 10.0 Å². The minimum absolute atomic E-state index is 0.368. The van der Waals surface area contributed by atoms with Crippen LogP contribution in [0.5, 0.6) is 0 Å². The van der Waals surface area contributed by atoms with Gasteiger partial charge in [0.1, 0.15) is 0 Å². The molecular formula is C15H22ClNO2S. The highest BCUT2D eigenvalue weighted by molar-refractivity contribution is 7.89. The lowest BCUT2D eigenvalue weighted by Crippen LogP contribution is -2.31. The van der Waals surface area contributed by atoms with Gasteiger partial charge in [-0.2, -0.15) is 0 Å². The highest BCUT2D eigenvalue weighted by atomic mass is 35.5. The molecule has 0 amide bonds. The molecule has 20 heavy (non-hydrogen) atoms. The van der Waals surface area contributed by atoms with E-state index in [0.29, 0.717) is 29.2 Å². The van der Waals surface area contributed by atoms with Gasteiger partial charge in [-0.1, -0.05) is 18.6 Å². The van der Waals surface area contributed by atoms with Gasteiger partial charge >= 0.3 is 0 Å². The van der Waals surface area contributed by atoms with Gasteiger partial charge in [-0.3, -0.25) is 0 Å². The molecule has 2 rings (SSSR count). The van der Waals surface area contributed by atoms with E-state index in [2.05, 4.69) is 4.72 Å². The molecule has 1 aliphatic carbocycles. The fraction of sp³-hybridized carbons (Fsp3) is 0.600. The molecule has 1 aromatic rings. The Hall–Kier alpha value is -0.580. The first kappa shape index (κ1) is 15.8. The average Bonchev–Trinajstić information content (AvgIpc) is 2.86. The molecule has 1 fully saturated rings. The molecule has 1 N–H and O–H groups in total. The van der Waals surface area contributed by atoms with Crippen molar-refractivity contribution < 1.29 is 8.42 Å². The largest absolute Gasteiger partial charge is 0.240 e. The second-order valence-electron chi connectivity index (χ2n) is 5.73. The molecule has 112 valence electrons. The van der Waals surface area contributed by atoms with Crippen molar-refractivity contribution in [3.8, 4) is 0 Å². The van der Waals surface area contributed by atoms with Crippen molar-refractivity contribution in [3.05, 3.63) is 29.3 Å². The SMILES string of the molecule is Cc1ccc(C)c(S(=O)(=O)NCC2CCCC2CCl)c1. The van der Waals surface area contributed by atoms with Crippen LogP contribution in [0.2, 0.25) is 0 Å². The summed E-state index contributed by atoms with van der Waals surface area (Å²) in [7, 11) is -3.43. The summed E-state index contributed by atoms with van der Waals surface area (Å²) in [5, 5.41) is 0. The van der Waals surface area contributed by atoms with Gasteiger partial charge in [0, 0.05) is 12.4 Å². The summed E-state index contributed by atoms with van der Waals surface area (Å²) in [6.07, 6.45) is 3.32. The lowest BCUT2D eigenvalue weighted by Gasteiger charge is -2.18. The van der Waals surface area contributed by atoms with E-state index in [9.17, 15) is 8.42 Å². The highest BCUT2D eigenvalue weighted by Crippen LogP contribution is 2.32. The summed E-state index contributed by atoms with van der Waals surface area (Å²) < 4.78 is 27.6. The lowest BCUT2D eigenvalue weighted by atomic mass is 9.98. The number of hydrogen-bond acceptors (Lipinski definition) is 2. The minimum Gasteiger partial charge on any atom is -0.211 e. The topological polar surface area (TPSA) is 46.2 Å². The number of rotatable bonds is 5. The summed E-state index contributed by atoms with van der Waals surface area (Å²) in [5.74, 6) is 1.43. The van der Waals surface area contributed by atoms with E-state index in [1.165, 1.54) is 0 Å². The molecule has 1 aliphatic rings. The van der Waals surface area contributed by atoms with Gasteiger partial charge in [-0.05, 0) is 55.7 Å². The van der Waals surface area contributed by atoms with Gasteiger partial charge in [-0.25, -0.2) is 13.1 Å². The number of nitrogens with one attached hydrogen (secondary N) is 1. The number of halogens is 1. The summed E-state index contributed by atoms with van der Waals surface area (Å²) in [6.45, 7) is 4.22. The van der Waals surface area contributed by atoms with E-state index in [0.717, 1.165) is 30.4 Å². The van der Waals surface area contributed by atoms with Crippen molar-refractivity contribution in [2.45, 2.75) is 38.0 Å². The lowest BCUT2D eigenvalue weighted by molar-refractivity contribution is 0.418. The number of alkyl halides is 1. The van der Waals surface area contributed by atoms with Gasteiger partial charge in [0.15, 0.2) is 0 Å². The monoisotopic (exact) mass is 315 g/mol. The van der Waals surface area contributed by atoms with E-state index in [4.69, 9.17) is 11.6 Å². The third-order valence-corrected chi connectivity index (χ3v) is 6.15. The Morgan fingerprint density at radius 1 is 1.25 bits per heavy atom. The van der Waals surface area contributed by atoms with E-state index in [-0.39, 0.29) is 0 Å². The highest BCUT2D eigenvalue weighted by Gasteiger charge is 2.28. The molecule has 5 heteroatoms. The summed E-state index contributed by atoms with van der Waals surface area (Å²) >= 11 is 5.94. The summed E-state index contributed by atoms with van der Waals surface area (Å²) in [6, 6.07) is 5.50. The fourth-order valence-electron chi connectivity index (χ4n) is 2.88. The van der Waals surface area contributed by atoms with Crippen molar-refractivity contribution in [2.75, 3.05) is 12.4 Å². The van der Waals surface area contributed by atoms with Gasteiger partial charge in [-0.15, -0.1) is 11.6 Å². The maximum absolute atomic E-state index is 12.4. The van der Waals surface area contributed by atoms with Crippen LogP contribution in [0.3, 0.4) is 0 Å².